The van der Waals surface area contributed by atoms with Crippen molar-refractivity contribution in [2.75, 3.05) is 33.1 Å². The summed E-state index contributed by atoms with van der Waals surface area (Å²) in [5, 5.41) is 3.41. The Morgan fingerprint density at radius 3 is 2.50 bits per heavy atom. The maximum atomic E-state index is 4.43. The molecule has 0 bridgehead atoms. The maximum absolute atomic E-state index is 4.43. The van der Waals surface area contributed by atoms with Gasteiger partial charge < -0.3 is 15.1 Å². The molecule has 1 aromatic heterocycles. The Hall–Kier alpha value is -2.08. The maximum Gasteiger partial charge on any atom is 0.193 e. The SMILES string of the molecule is CN=C(NCc1cccnc1N(C)C)N(C)Cc1ccc(Br)cc1. The number of nitrogens with one attached hydrogen (secondary N) is 1. The van der Waals surface area contributed by atoms with Gasteiger partial charge in [-0.1, -0.05) is 34.1 Å². The lowest BCUT2D eigenvalue weighted by molar-refractivity contribution is 0.476. The minimum absolute atomic E-state index is 0.679. The van der Waals surface area contributed by atoms with Crippen LogP contribution in [0.1, 0.15) is 11.1 Å². The number of benzene rings is 1. The summed E-state index contributed by atoms with van der Waals surface area (Å²) in [6.07, 6.45) is 1.81. The predicted octanol–water partition coefficient (Wildman–Crippen LogP) is 3.12. The lowest BCUT2D eigenvalue weighted by Gasteiger charge is -2.23. The minimum Gasteiger partial charge on any atom is -0.362 e. The van der Waals surface area contributed by atoms with E-state index in [2.05, 4.69) is 66.5 Å². The average molecular weight is 390 g/mol. The van der Waals surface area contributed by atoms with Crippen LogP contribution in [-0.4, -0.2) is 44.0 Å². The van der Waals surface area contributed by atoms with E-state index in [0.717, 1.165) is 28.4 Å². The first kappa shape index (κ1) is 18.3. The normalized spacial score (nSPS) is 11.3. The second-order valence-electron chi connectivity index (χ2n) is 5.76. The van der Waals surface area contributed by atoms with Crippen LogP contribution >= 0.6 is 15.9 Å². The molecular weight excluding hydrogens is 366 g/mol. The summed E-state index contributed by atoms with van der Waals surface area (Å²) >= 11 is 3.46. The number of anilines is 1. The fourth-order valence-corrected chi connectivity index (χ4v) is 2.73. The van der Waals surface area contributed by atoms with E-state index in [1.54, 1.807) is 7.05 Å². The number of aromatic nitrogens is 1. The van der Waals surface area contributed by atoms with Gasteiger partial charge in [-0.15, -0.1) is 0 Å². The van der Waals surface area contributed by atoms with E-state index in [0.29, 0.717) is 6.54 Å². The van der Waals surface area contributed by atoms with E-state index in [9.17, 15) is 0 Å². The summed E-state index contributed by atoms with van der Waals surface area (Å²) in [6.45, 7) is 1.47. The molecule has 0 atom stereocenters. The van der Waals surface area contributed by atoms with E-state index < -0.39 is 0 Å². The van der Waals surface area contributed by atoms with Gasteiger partial charge in [0, 0.05) is 57.5 Å². The highest BCUT2D eigenvalue weighted by atomic mass is 79.9. The number of hydrogen-bond acceptors (Lipinski definition) is 3. The van der Waals surface area contributed by atoms with Crippen molar-refractivity contribution in [3.8, 4) is 0 Å². The Kier molecular flexibility index (Phi) is 6.61. The molecule has 0 saturated carbocycles. The van der Waals surface area contributed by atoms with Gasteiger partial charge in [0.15, 0.2) is 5.96 Å². The van der Waals surface area contributed by atoms with Crippen molar-refractivity contribution >= 4 is 27.7 Å². The van der Waals surface area contributed by atoms with Gasteiger partial charge in [-0.25, -0.2) is 4.98 Å². The number of nitrogens with zero attached hydrogens (tertiary/aromatic N) is 4. The zero-order chi connectivity index (χ0) is 17.5. The van der Waals surface area contributed by atoms with Crippen LogP contribution in [0.4, 0.5) is 5.82 Å². The van der Waals surface area contributed by atoms with Gasteiger partial charge in [0.05, 0.1) is 0 Å². The van der Waals surface area contributed by atoms with Crippen LogP contribution in [0.15, 0.2) is 52.1 Å². The Morgan fingerprint density at radius 2 is 1.88 bits per heavy atom. The number of guanidine groups is 1. The molecule has 0 radical (unpaired) electrons. The second-order valence-corrected chi connectivity index (χ2v) is 6.68. The second kappa shape index (κ2) is 8.68. The molecular formula is C18H24BrN5. The van der Waals surface area contributed by atoms with Crippen LogP contribution in [0.5, 0.6) is 0 Å². The molecule has 1 N–H and O–H groups in total. The summed E-state index contributed by atoms with van der Waals surface area (Å²) in [7, 11) is 7.84. The lowest BCUT2D eigenvalue weighted by Crippen LogP contribution is -2.38. The van der Waals surface area contributed by atoms with E-state index in [-0.39, 0.29) is 0 Å². The average Bonchev–Trinajstić information content (AvgIpc) is 2.57. The molecule has 0 aliphatic rings. The van der Waals surface area contributed by atoms with Crippen molar-refractivity contribution in [3.05, 3.63) is 58.2 Å². The van der Waals surface area contributed by atoms with Gasteiger partial charge in [-0.2, -0.15) is 0 Å². The molecule has 0 aliphatic heterocycles. The van der Waals surface area contributed by atoms with Crippen molar-refractivity contribution in [2.24, 2.45) is 4.99 Å². The topological polar surface area (TPSA) is 43.8 Å². The van der Waals surface area contributed by atoms with Gasteiger partial charge in [-0.05, 0) is 23.8 Å². The molecule has 1 aromatic carbocycles. The molecule has 24 heavy (non-hydrogen) atoms. The van der Waals surface area contributed by atoms with Crippen molar-refractivity contribution in [2.45, 2.75) is 13.1 Å². The summed E-state index contributed by atoms with van der Waals surface area (Å²) in [5.41, 5.74) is 2.37. The lowest BCUT2D eigenvalue weighted by atomic mass is 10.2. The number of rotatable bonds is 5. The summed E-state index contributed by atoms with van der Waals surface area (Å²) in [5.74, 6) is 1.82. The van der Waals surface area contributed by atoms with Crippen molar-refractivity contribution in [1.82, 2.24) is 15.2 Å². The summed E-state index contributed by atoms with van der Waals surface area (Å²) in [6, 6.07) is 12.4. The molecule has 0 spiro atoms. The summed E-state index contributed by atoms with van der Waals surface area (Å²) < 4.78 is 1.09. The number of hydrogen-bond donors (Lipinski definition) is 1. The van der Waals surface area contributed by atoms with E-state index in [1.807, 2.05) is 38.3 Å². The molecule has 0 amide bonds. The molecule has 5 nitrogen and oxygen atoms in total. The van der Waals surface area contributed by atoms with E-state index in [1.165, 1.54) is 5.56 Å². The van der Waals surface area contributed by atoms with Gasteiger partial charge >= 0.3 is 0 Å². The Labute approximate surface area is 152 Å². The van der Waals surface area contributed by atoms with Crippen LogP contribution in [0.2, 0.25) is 0 Å². The molecule has 0 fully saturated rings. The standard InChI is InChI=1S/C18H24BrN5/c1-20-18(24(4)13-14-7-9-16(19)10-8-14)22-12-15-6-5-11-21-17(15)23(2)3/h5-11H,12-13H2,1-4H3,(H,20,22). The largest absolute Gasteiger partial charge is 0.362 e. The van der Waals surface area contributed by atoms with Gasteiger partial charge in [0.1, 0.15) is 5.82 Å². The van der Waals surface area contributed by atoms with Crippen LogP contribution < -0.4 is 10.2 Å². The summed E-state index contributed by atoms with van der Waals surface area (Å²) in [4.78, 5) is 12.9. The van der Waals surface area contributed by atoms with Crippen LogP contribution in [-0.2, 0) is 13.1 Å². The van der Waals surface area contributed by atoms with Crippen LogP contribution in [0, 0.1) is 0 Å². The Bertz CT molecular complexity index is 682. The monoisotopic (exact) mass is 389 g/mol. The molecule has 0 unspecified atom stereocenters. The molecule has 2 rings (SSSR count). The third-order valence-corrected chi connectivity index (χ3v) is 4.16. The fourth-order valence-electron chi connectivity index (χ4n) is 2.47. The van der Waals surface area contributed by atoms with Crippen LogP contribution in [0.3, 0.4) is 0 Å². The number of pyridine rings is 1. The van der Waals surface area contributed by atoms with E-state index in [4.69, 9.17) is 0 Å². The first-order chi connectivity index (χ1) is 11.5. The first-order valence-corrected chi connectivity index (χ1v) is 8.58. The third-order valence-electron chi connectivity index (χ3n) is 3.63. The molecule has 2 aromatic rings. The van der Waals surface area contributed by atoms with Gasteiger partial charge in [0.25, 0.3) is 0 Å². The predicted molar refractivity (Wildman–Crippen MR) is 104 cm³/mol. The highest BCUT2D eigenvalue weighted by Gasteiger charge is 2.09. The highest BCUT2D eigenvalue weighted by Crippen LogP contribution is 2.14. The van der Waals surface area contributed by atoms with Gasteiger partial charge in [-0.3, -0.25) is 4.99 Å². The Morgan fingerprint density at radius 1 is 1.17 bits per heavy atom. The quantitative estimate of drug-likeness (QED) is 0.630. The van der Waals surface area contributed by atoms with Crippen molar-refractivity contribution in [3.63, 3.8) is 0 Å². The van der Waals surface area contributed by atoms with Crippen LogP contribution in [0.25, 0.3) is 0 Å². The fraction of sp³-hybridized carbons (Fsp3) is 0.333. The first-order valence-electron chi connectivity index (χ1n) is 7.78. The third kappa shape index (κ3) is 4.96. The molecule has 1 heterocycles. The van der Waals surface area contributed by atoms with E-state index >= 15 is 0 Å². The molecule has 6 heteroatoms. The number of aliphatic imine (C=N–C) groups is 1. The zero-order valence-electron chi connectivity index (χ0n) is 14.6. The van der Waals surface area contributed by atoms with Gasteiger partial charge in [0.2, 0.25) is 0 Å². The zero-order valence-corrected chi connectivity index (χ0v) is 16.2. The van der Waals surface area contributed by atoms with Crippen molar-refractivity contribution in [1.29, 1.82) is 0 Å². The Balaban J connectivity index is 2.01. The molecule has 128 valence electrons. The van der Waals surface area contributed by atoms with Crippen molar-refractivity contribution < 1.29 is 0 Å². The minimum atomic E-state index is 0.679. The molecule has 0 saturated heterocycles. The smallest absolute Gasteiger partial charge is 0.193 e. The highest BCUT2D eigenvalue weighted by molar-refractivity contribution is 9.10. The number of halogens is 1. The molecule has 0 aliphatic carbocycles.